The van der Waals surface area contributed by atoms with Crippen molar-refractivity contribution in [1.82, 2.24) is 14.5 Å². The fourth-order valence-corrected chi connectivity index (χ4v) is 3.11. The van der Waals surface area contributed by atoms with Gasteiger partial charge in [0.2, 0.25) is 0 Å². The van der Waals surface area contributed by atoms with Gasteiger partial charge >= 0.3 is 5.97 Å². The van der Waals surface area contributed by atoms with Gasteiger partial charge in [-0.1, -0.05) is 12.1 Å². The summed E-state index contributed by atoms with van der Waals surface area (Å²) in [4.78, 5) is 29.2. The predicted octanol–water partition coefficient (Wildman–Crippen LogP) is 2.26. The molecule has 0 bridgehead atoms. The van der Waals surface area contributed by atoms with E-state index < -0.39 is 5.97 Å². The number of hydrogen-bond acceptors (Lipinski definition) is 3. The van der Waals surface area contributed by atoms with E-state index in [0.717, 1.165) is 24.9 Å². The number of amides is 1. The minimum atomic E-state index is -0.756. The molecule has 1 aliphatic rings. The van der Waals surface area contributed by atoms with Gasteiger partial charge in [0.25, 0.3) is 5.91 Å². The predicted molar refractivity (Wildman–Crippen MR) is 88.7 cm³/mol. The van der Waals surface area contributed by atoms with Gasteiger partial charge in [-0.05, 0) is 36.5 Å². The fraction of sp³-hybridized carbons (Fsp3) is 0.389. The second-order valence-electron chi connectivity index (χ2n) is 6.27. The summed E-state index contributed by atoms with van der Waals surface area (Å²) in [5.74, 6) is -0.546. The Morgan fingerprint density at radius 1 is 1.17 bits per heavy atom. The van der Waals surface area contributed by atoms with Crippen LogP contribution in [0.2, 0.25) is 0 Å². The van der Waals surface area contributed by atoms with Gasteiger partial charge in [-0.3, -0.25) is 9.59 Å². The van der Waals surface area contributed by atoms with Gasteiger partial charge in [0, 0.05) is 44.0 Å². The summed E-state index contributed by atoms with van der Waals surface area (Å²) in [5, 5.41) is 8.85. The summed E-state index contributed by atoms with van der Waals surface area (Å²) >= 11 is 0. The van der Waals surface area contributed by atoms with Crippen molar-refractivity contribution >= 4 is 11.9 Å². The van der Waals surface area contributed by atoms with Crippen LogP contribution in [0.3, 0.4) is 0 Å². The SMILES string of the molecule is O=C(O)CC1CCN(C(=O)c2ccc(Cn3ccnc3)cc2)CC1. The van der Waals surface area contributed by atoms with Gasteiger partial charge < -0.3 is 14.6 Å². The minimum Gasteiger partial charge on any atom is -0.481 e. The Hall–Kier alpha value is -2.63. The molecule has 1 aliphatic heterocycles. The number of imidazole rings is 1. The van der Waals surface area contributed by atoms with E-state index in [0.29, 0.717) is 18.7 Å². The minimum absolute atomic E-state index is 0.0259. The number of nitrogens with zero attached hydrogens (tertiary/aromatic N) is 3. The number of rotatable bonds is 5. The highest BCUT2D eigenvalue weighted by Gasteiger charge is 2.24. The number of carbonyl (C=O) groups is 2. The first-order chi connectivity index (χ1) is 11.6. The number of carbonyl (C=O) groups excluding carboxylic acids is 1. The summed E-state index contributed by atoms with van der Waals surface area (Å²) in [6.45, 7) is 2.00. The molecule has 24 heavy (non-hydrogen) atoms. The summed E-state index contributed by atoms with van der Waals surface area (Å²) in [5.41, 5.74) is 1.80. The lowest BCUT2D eigenvalue weighted by Crippen LogP contribution is -2.38. The van der Waals surface area contributed by atoms with E-state index in [4.69, 9.17) is 5.11 Å². The maximum atomic E-state index is 12.6. The summed E-state index contributed by atoms with van der Waals surface area (Å²) < 4.78 is 1.98. The van der Waals surface area contributed by atoms with Crippen LogP contribution in [-0.4, -0.2) is 44.5 Å². The third-order valence-corrected chi connectivity index (χ3v) is 4.49. The molecule has 2 aromatic rings. The normalized spacial score (nSPS) is 15.4. The topological polar surface area (TPSA) is 75.4 Å². The summed E-state index contributed by atoms with van der Waals surface area (Å²) in [7, 11) is 0. The van der Waals surface area contributed by atoms with Gasteiger partial charge in [-0.2, -0.15) is 0 Å². The lowest BCUT2D eigenvalue weighted by molar-refractivity contribution is -0.138. The molecule has 3 rings (SSSR count). The average molecular weight is 327 g/mol. The Balaban J connectivity index is 1.56. The molecule has 0 spiro atoms. The average Bonchev–Trinajstić information content (AvgIpc) is 3.08. The number of benzene rings is 1. The second-order valence-corrected chi connectivity index (χ2v) is 6.27. The van der Waals surface area contributed by atoms with E-state index in [1.807, 2.05) is 39.9 Å². The van der Waals surface area contributed by atoms with Gasteiger partial charge in [0.1, 0.15) is 0 Å². The molecule has 126 valence electrons. The molecule has 2 heterocycles. The molecule has 1 fully saturated rings. The van der Waals surface area contributed by atoms with Gasteiger partial charge in [-0.15, -0.1) is 0 Å². The standard InChI is InChI=1S/C18H21N3O3/c22-17(23)11-14-5-8-21(9-6-14)18(24)16-3-1-15(2-4-16)12-20-10-7-19-13-20/h1-4,7,10,13-14H,5-6,8-9,11-12H2,(H,22,23). The molecule has 0 saturated carbocycles. The number of carboxylic acids is 1. The molecule has 0 radical (unpaired) electrons. The number of likely N-dealkylation sites (tertiary alicyclic amines) is 1. The van der Waals surface area contributed by atoms with Crippen LogP contribution in [0, 0.1) is 5.92 Å². The van der Waals surface area contributed by atoms with Gasteiger partial charge in [0.15, 0.2) is 0 Å². The highest BCUT2D eigenvalue weighted by molar-refractivity contribution is 5.94. The molecule has 1 N–H and O–H groups in total. The molecule has 1 aromatic heterocycles. The molecule has 6 nitrogen and oxygen atoms in total. The van der Waals surface area contributed by atoms with Gasteiger partial charge in [-0.25, -0.2) is 4.98 Å². The Bertz CT molecular complexity index is 687. The smallest absolute Gasteiger partial charge is 0.303 e. The molecule has 1 aromatic carbocycles. The number of aliphatic carboxylic acids is 1. The highest BCUT2D eigenvalue weighted by atomic mass is 16.4. The maximum Gasteiger partial charge on any atom is 0.303 e. The lowest BCUT2D eigenvalue weighted by Gasteiger charge is -2.31. The quantitative estimate of drug-likeness (QED) is 0.914. The Kier molecular flexibility index (Phi) is 4.93. The second kappa shape index (κ2) is 7.29. The van der Waals surface area contributed by atoms with Crippen molar-refractivity contribution in [2.45, 2.75) is 25.8 Å². The first kappa shape index (κ1) is 16.2. The van der Waals surface area contributed by atoms with E-state index in [1.54, 1.807) is 12.5 Å². The molecule has 1 amide bonds. The molecular weight excluding hydrogens is 306 g/mol. The molecule has 0 atom stereocenters. The first-order valence-corrected chi connectivity index (χ1v) is 8.17. The Morgan fingerprint density at radius 3 is 2.46 bits per heavy atom. The molecule has 0 aliphatic carbocycles. The van der Waals surface area contributed by atoms with Crippen LogP contribution in [0.5, 0.6) is 0 Å². The van der Waals surface area contributed by atoms with Crippen LogP contribution >= 0.6 is 0 Å². The lowest BCUT2D eigenvalue weighted by atomic mass is 9.93. The van der Waals surface area contributed by atoms with E-state index in [2.05, 4.69) is 4.98 Å². The van der Waals surface area contributed by atoms with Crippen molar-refractivity contribution in [3.8, 4) is 0 Å². The Labute approximate surface area is 140 Å². The van der Waals surface area contributed by atoms with Crippen molar-refractivity contribution < 1.29 is 14.7 Å². The molecule has 6 heteroatoms. The van der Waals surface area contributed by atoms with Crippen LogP contribution in [0.25, 0.3) is 0 Å². The van der Waals surface area contributed by atoms with Crippen LogP contribution < -0.4 is 0 Å². The van der Waals surface area contributed by atoms with E-state index in [-0.39, 0.29) is 18.2 Å². The highest BCUT2D eigenvalue weighted by Crippen LogP contribution is 2.22. The zero-order chi connectivity index (χ0) is 16.9. The van der Waals surface area contributed by atoms with Crippen LogP contribution in [0.15, 0.2) is 43.0 Å². The molecular formula is C18H21N3O3. The zero-order valence-electron chi connectivity index (χ0n) is 13.5. The largest absolute Gasteiger partial charge is 0.481 e. The summed E-state index contributed by atoms with van der Waals surface area (Å²) in [6.07, 6.45) is 7.13. The number of hydrogen-bond donors (Lipinski definition) is 1. The summed E-state index contributed by atoms with van der Waals surface area (Å²) in [6, 6.07) is 7.64. The Morgan fingerprint density at radius 2 is 1.88 bits per heavy atom. The van der Waals surface area contributed by atoms with Crippen LogP contribution in [0.1, 0.15) is 35.2 Å². The third-order valence-electron chi connectivity index (χ3n) is 4.49. The number of aromatic nitrogens is 2. The van der Waals surface area contributed by atoms with Crippen molar-refractivity contribution in [1.29, 1.82) is 0 Å². The first-order valence-electron chi connectivity index (χ1n) is 8.17. The van der Waals surface area contributed by atoms with Crippen molar-refractivity contribution in [3.05, 3.63) is 54.1 Å². The number of carboxylic acid groups (broad SMARTS) is 1. The van der Waals surface area contributed by atoms with E-state index >= 15 is 0 Å². The third kappa shape index (κ3) is 4.01. The zero-order valence-corrected chi connectivity index (χ0v) is 13.5. The van der Waals surface area contributed by atoms with Crippen molar-refractivity contribution in [3.63, 3.8) is 0 Å². The fourth-order valence-electron chi connectivity index (χ4n) is 3.11. The molecule has 0 unspecified atom stereocenters. The van der Waals surface area contributed by atoms with Crippen LogP contribution in [-0.2, 0) is 11.3 Å². The molecule has 1 saturated heterocycles. The van der Waals surface area contributed by atoms with Crippen molar-refractivity contribution in [2.24, 2.45) is 5.92 Å². The van der Waals surface area contributed by atoms with E-state index in [1.165, 1.54) is 0 Å². The monoisotopic (exact) mass is 327 g/mol. The van der Waals surface area contributed by atoms with Crippen LogP contribution in [0.4, 0.5) is 0 Å². The van der Waals surface area contributed by atoms with Gasteiger partial charge in [0.05, 0.1) is 6.33 Å². The van der Waals surface area contributed by atoms with E-state index in [9.17, 15) is 9.59 Å². The number of piperidine rings is 1. The maximum absolute atomic E-state index is 12.6. The van der Waals surface area contributed by atoms with Crippen molar-refractivity contribution in [2.75, 3.05) is 13.1 Å².